The van der Waals surface area contributed by atoms with E-state index in [1.165, 1.54) is 0 Å². The fourth-order valence-electron chi connectivity index (χ4n) is 4.68. The Kier molecular flexibility index (Phi) is 6.15. The lowest BCUT2D eigenvalue weighted by Crippen LogP contribution is -2.35. The molecule has 182 valence electrons. The van der Waals surface area contributed by atoms with Crippen LogP contribution in [0.25, 0.3) is 22.2 Å². The number of hydrogen-bond donors (Lipinski definition) is 4. The van der Waals surface area contributed by atoms with Crippen molar-refractivity contribution >= 4 is 37.6 Å². The Morgan fingerprint density at radius 3 is 2.59 bits per heavy atom. The molecule has 9 nitrogen and oxygen atoms in total. The normalized spacial score (nSPS) is 21.2. The second-order valence-electron chi connectivity index (χ2n) is 8.98. The monoisotopic (exact) mass is 504 g/mol. The average Bonchev–Trinajstić information content (AvgIpc) is 3.53. The van der Waals surface area contributed by atoms with Gasteiger partial charge >= 0.3 is 0 Å². The van der Waals surface area contributed by atoms with E-state index < -0.39 is 26.7 Å². The Balaban J connectivity index is 1.35. The van der Waals surface area contributed by atoms with Gasteiger partial charge in [0.25, 0.3) is 0 Å². The highest BCUT2D eigenvalue weighted by molar-refractivity contribution is 8.24. The van der Waals surface area contributed by atoms with Gasteiger partial charge in [-0.15, -0.1) is 0 Å². The number of nitrogens with one attached hydrogen (secondary N) is 2. The molecule has 0 spiro atoms. The molecule has 1 amide bonds. The van der Waals surface area contributed by atoms with Crippen LogP contribution in [0, 0.1) is 0 Å². The Hall–Kier alpha value is -2.44. The van der Waals surface area contributed by atoms with Crippen molar-refractivity contribution in [1.82, 2.24) is 19.6 Å². The molecule has 0 saturated carbocycles. The van der Waals surface area contributed by atoms with E-state index >= 15 is 0 Å². The summed E-state index contributed by atoms with van der Waals surface area (Å²) in [5.74, 6) is 0.380. The molecule has 2 fully saturated rings. The molecule has 4 N–H and O–H groups in total. The SMILES string of the molecule is O=C(Cc1cc2c(-c3ccc(S(=O)(=O)NC4CCS(O)(O)C4)cc3)ccnc2[nH]1)N1CCCC1. The molecule has 3 aromatic rings. The zero-order valence-electron chi connectivity index (χ0n) is 18.6. The molecule has 34 heavy (non-hydrogen) atoms. The maximum Gasteiger partial charge on any atom is 0.240 e. The van der Waals surface area contributed by atoms with E-state index in [4.69, 9.17) is 0 Å². The molecule has 5 rings (SSSR count). The van der Waals surface area contributed by atoms with Crippen LogP contribution in [0.3, 0.4) is 0 Å². The van der Waals surface area contributed by atoms with Gasteiger partial charge < -0.3 is 9.88 Å². The van der Waals surface area contributed by atoms with E-state index in [0.717, 1.165) is 48.1 Å². The van der Waals surface area contributed by atoms with Crippen LogP contribution in [0.1, 0.15) is 25.0 Å². The highest BCUT2D eigenvalue weighted by Gasteiger charge is 2.31. The summed E-state index contributed by atoms with van der Waals surface area (Å²) in [6.07, 6.45) is 4.49. The van der Waals surface area contributed by atoms with Gasteiger partial charge in [-0.05, 0) is 54.7 Å². The van der Waals surface area contributed by atoms with Crippen LogP contribution < -0.4 is 4.72 Å². The van der Waals surface area contributed by atoms with E-state index in [9.17, 15) is 22.3 Å². The van der Waals surface area contributed by atoms with Gasteiger partial charge in [-0.3, -0.25) is 13.9 Å². The fourth-order valence-corrected chi connectivity index (χ4v) is 7.78. The summed E-state index contributed by atoms with van der Waals surface area (Å²) in [5, 5.41) is 0.872. The summed E-state index contributed by atoms with van der Waals surface area (Å²) in [6.45, 7) is 1.63. The van der Waals surface area contributed by atoms with E-state index in [1.807, 2.05) is 17.0 Å². The van der Waals surface area contributed by atoms with Gasteiger partial charge in [-0.25, -0.2) is 18.1 Å². The minimum atomic E-state index is -3.77. The number of benzene rings is 1. The molecule has 1 unspecified atom stereocenters. The summed E-state index contributed by atoms with van der Waals surface area (Å²) in [4.78, 5) is 22.2. The smallest absolute Gasteiger partial charge is 0.240 e. The van der Waals surface area contributed by atoms with Crippen LogP contribution in [-0.4, -0.2) is 68.9 Å². The van der Waals surface area contributed by atoms with Crippen molar-refractivity contribution in [2.24, 2.45) is 0 Å². The number of rotatable bonds is 6. The topological polar surface area (TPSA) is 136 Å². The maximum atomic E-state index is 12.8. The average molecular weight is 505 g/mol. The first-order valence-corrected chi connectivity index (χ1v) is 14.7. The zero-order chi connectivity index (χ0) is 23.9. The van der Waals surface area contributed by atoms with Gasteiger partial charge in [-0.1, -0.05) is 12.1 Å². The first-order chi connectivity index (χ1) is 16.2. The number of hydrogen-bond acceptors (Lipinski definition) is 6. The molecule has 0 radical (unpaired) electrons. The number of H-pyrrole nitrogens is 1. The summed E-state index contributed by atoms with van der Waals surface area (Å²) < 4.78 is 47.6. The predicted octanol–water partition coefficient (Wildman–Crippen LogP) is 3.20. The molecule has 0 aliphatic carbocycles. The third-order valence-electron chi connectivity index (χ3n) is 6.45. The van der Waals surface area contributed by atoms with Crippen LogP contribution in [-0.2, 0) is 21.2 Å². The molecular formula is C23H28N4O5S2. The van der Waals surface area contributed by atoms with Crippen LogP contribution in [0.15, 0.2) is 47.5 Å². The number of carbonyl (C=O) groups is 1. The van der Waals surface area contributed by atoms with E-state index in [1.54, 1.807) is 30.5 Å². The van der Waals surface area contributed by atoms with Crippen LogP contribution in [0.2, 0.25) is 0 Å². The van der Waals surface area contributed by atoms with E-state index in [2.05, 4.69) is 14.7 Å². The van der Waals surface area contributed by atoms with Crippen molar-refractivity contribution in [2.75, 3.05) is 24.6 Å². The minimum Gasteiger partial charge on any atom is -0.343 e. The number of amides is 1. The first-order valence-electron chi connectivity index (χ1n) is 11.3. The number of nitrogens with zero attached hydrogens (tertiary/aromatic N) is 2. The molecular weight excluding hydrogens is 476 g/mol. The molecule has 2 aromatic heterocycles. The van der Waals surface area contributed by atoms with Crippen LogP contribution >= 0.6 is 10.6 Å². The number of sulfonamides is 1. The summed E-state index contributed by atoms with van der Waals surface area (Å²) in [5.41, 5.74) is 3.21. The molecule has 4 heterocycles. The molecule has 2 saturated heterocycles. The fraction of sp³-hybridized carbons (Fsp3) is 0.391. The van der Waals surface area contributed by atoms with Gasteiger partial charge in [0.05, 0.1) is 17.1 Å². The number of aromatic nitrogens is 2. The van der Waals surface area contributed by atoms with Crippen molar-refractivity contribution in [2.45, 2.75) is 36.6 Å². The Morgan fingerprint density at radius 2 is 1.91 bits per heavy atom. The molecule has 1 aromatic carbocycles. The molecule has 11 heteroatoms. The second kappa shape index (κ2) is 8.97. The Labute approximate surface area is 200 Å². The number of carbonyl (C=O) groups excluding carboxylic acids is 1. The quantitative estimate of drug-likeness (QED) is 0.407. The standard InChI is InChI=1S/C23H28N4O5S2/c28-22(27-10-1-2-11-27)14-18-13-21-20(7-9-24-23(21)25-18)16-3-5-19(6-4-16)34(31,32)26-17-8-12-33(29,30)15-17/h3-7,9,13,17,26,29-30H,1-2,8,10-12,14-15H2,(H,24,25). The number of fused-ring (bicyclic) bond motifs is 1. The van der Waals surface area contributed by atoms with Crippen molar-refractivity contribution in [1.29, 1.82) is 0 Å². The van der Waals surface area contributed by atoms with Crippen molar-refractivity contribution in [3.63, 3.8) is 0 Å². The van der Waals surface area contributed by atoms with E-state index in [-0.39, 0.29) is 22.3 Å². The molecule has 1 atom stereocenters. The maximum absolute atomic E-state index is 12.8. The van der Waals surface area contributed by atoms with Crippen LogP contribution in [0.4, 0.5) is 0 Å². The lowest BCUT2D eigenvalue weighted by molar-refractivity contribution is -0.129. The summed E-state index contributed by atoms with van der Waals surface area (Å²) >= 11 is 0. The molecule has 2 aliphatic heterocycles. The van der Waals surface area contributed by atoms with Gasteiger partial charge in [0, 0.05) is 42.2 Å². The third-order valence-corrected chi connectivity index (χ3v) is 9.81. The van der Waals surface area contributed by atoms with Crippen molar-refractivity contribution in [3.8, 4) is 11.1 Å². The van der Waals surface area contributed by atoms with Gasteiger partial charge in [0.1, 0.15) is 5.65 Å². The highest BCUT2D eigenvalue weighted by atomic mass is 32.3. The van der Waals surface area contributed by atoms with Gasteiger partial charge in [0.15, 0.2) is 0 Å². The number of likely N-dealkylation sites (tertiary alicyclic amines) is 1. The summed E-state index contributed by atoms with van der Waals surface area (Å²) in [7, 11) is -6.46. The largest absolute Gasteiger partial charge is 0.343 e. The second-order valence-corrected chi connectivity index (χ2v) is 13.0. The van der Waals surface area contributed by atoms with Crippen molar-refractivity contribution < 1.29 is 22.3 Å². The molecule has 2 aliphatic rings. The van der Waals surface area contributed by atoms with Gasteiger partial charge in [0.2, 0.25) is 15.9 Å². The first kappa shape index (κ1) is 23.3. The van der Waals surface area contributed by atoms with Crippen molar-refractivity contribution in [3.05, 3.63) is 48.3 Å². The van der Waals surface area contributed by atoms with E-state index in [0.29, 0.717) is 18.5 Å². The lowest BCUT2D eigenvalue weighted by Gasteiger charge is -2.26. The number of aromatic amines is 1. The lowest BCUT2D eigenvalue weighted by atomic mass is 10.0. The number of pyridine rings is 1. The Bertz CT molecular complexity index is 1310. The molecule has 0 bridgehead atoms. The minimum absolute atomic E-state index is 0.0510. The van der Waals surface area contributed by atoms with Crippen LogP contribution in [0.5, 0.6) is 0 Å². The third kappa shape index (κ3) is 4.84. The van der Waals surface area contributed by atoms with Gasteiger partial charge in [-0.2, -0.15) is 10.6 Å². The summed E-state index contributed by atoms with van der Waals surface area (Å²) in [6, 6.07) is 9.91. The zero-order valence-corrected chi connectivity index (χ0v) is 20.2. The highest BCUT2D eigenvalue weighted by Crippen LogP contribution is 2.45. The predicted molar refractivity (Wildman–Crippen MR) is 132 cm³/mol. The Morgan fingerprint density at radius 1 is 1.18 bits per heavy atom.